The van der Waals surface area contributed by atoms with E-state index in [-0.39, 0.29) is 11.4 Å². The molecule has 4 rings (SSSR count). The fraction of sp³-hybridized carbons (Fsp3) is 0.353. The number of fused-ring (bicyclic) bond motifs is 3. The van der Waals surface area contributed by atoms with Gasteiger partial charge in [0.05, 0.1) is 22.6 Å². The largest absolute Gasteiger partial charge is 0.355 e. The Labute approximate surface area is 142 Å². The first kappa shape index (κ1) is 15.6. The van der Waals surface area contributed by atoms with Gasteiger partial charge in [0.2, 0.25) is 5.91 Å². The number of nitro benzene ring substituents is 1. The molecule has 0 saturated carbocycles. The molecular weight excluding hydrogens is 326 g/mol. The number of nitro groups is 1. The van der Waals surface area contributed by atoms with Gasteiger partial charge in [0.15, 0.2) is 6.10 Å². The van der Waals surface area contributed by atoms with Crippen LogP contribution in [0.5, 0.6) is 0 Å². The Balaban J connectivity index is 1.72. The molecule has 3 heterocycles. The van der Waals surface area contributed by atoms with Gasteiger partial charge in [-0.05, 0) is 31.6 Å². The van der Waals surface area contributed by atoms with Crippen LogP contribution in [-0.4, -0.2) is 40.7 Å². The van der Waals surface area contributed by atoms with Gasteiger partial charge >= 0.3 is 0 Å². The summed E-state index contributed by atoms with van der Waals surface area (Å²) >= 11 is 0. The lowest BCUT2D eigenvalue weighted by Crippen LogP contribution is -2.43. The molecule has 25 heavy (non-hydrogen) atoms. The molecule has 0 N–H and O–H groups in total. The third kappa shape index (κ3) is 2.14. The number of hydrogen-bond donors (Lipinski definition) is 0. The molecule has 0 aliphatic carbocycles. The lowest BCUT2D eigenvalue weighted by molar-refractivity contribution is -0.384. The molecule has 2 amide bonds. The van der Waals surface area contributed by atoms with E-state index >= 15 is 0 Å². The highest BCUT2D eigenvalue weighted by Gasteiger charge is 2.64. The number of hydrogen-bond acceptors (Lipinski definition) is 6. The smallest absolute Gasteiger partial charge is 0.271 e. The van der Waals surface area contributed by atoms with E-state index in [0.29, 0.717) is 0 Å². The number of benzene rings is 1. The molecule has 3 aliphatic heterocycles. The first-order chi connectivity index (χ1) is 11.8. The Kier molecular flexibility index (Phi) is 3.17. The number of ether oxygens (including phenoxy) is 1. The van der Waals surface area contributed by atoms with Crippen LogP contribution < -0.4 is 4.90 Å². The van der Waals surface area contributed by atoms with Crippen molar-refractivity contribution in [3.63, 3.8) is 0 Å². The van der Waals surface area contributed by atoms with Crippen molar-refractivity contribution in [2.45, 2.75) is 31.6 Å². The van der Waals surface area contributed by atoms with E-state index in [1.807, 2.05) is 19.9 Å². The second-order valence-electron chi connectivity index (χ2n) is 6.65. The quantitative estimate of drug-likeness (QED) is 0.462. The van der Waals surface area contributed by atoms with Gasteiger partial charge in [-0.3, -0.25) is 24.7 Å². The zero-order valence-corrected chi connectivity index (χ0v) is 13.6. The van der Waals surface area contributed by atoms with Crippen molar-refractivity contribution in [2.75, 3.05) is 4.90 Å². The van der Waals surface area contributed by atoms with E-state index in [1.54, 1.807) is 6.21 Å². The molecule has 0 bridgehead atoms. The number of dihydropyridines is 1. The van der Waals surface area contributed by atoms with Gasteiger partial charge in [0, 0.05) is 18.3 Å². The summed E-state index contributed by atoms with van der Waals surface area (Å²) in [5, 5.41) is 11.0. The summed E-state index contributed by atoms with van der Waals surface area (Å²) in [5.41, 5.74) is 0.105. The number of aliphatic imine (C=N–C) groups is 1. The minimum atomic E-state index is -0.930. The van der Waals surface area contributed by atoms with Crippen LogP contribution in [0.25, 0.3) is 0 Å². The summed E-state index contributed by atoms with van der Waals surface area (Å²) < 4.78 is 5.92. The number of anilines is 1. The Morgan fingerprint density at radius 3 is 2.80 bits per heavy atom. The van der Waals surface area contributed by atoms with Crippen molar-refractivity contribution in [3.05, 3.63) is 46.0 Å². The summed E-state index contributed by atoms with van der Waals surface area (Å²) in [7, 11) is 0. The van der Waals surface area contributed by atoms with Crippen molar-refractivity contribution >= 4 is 29.4 Å². The summed E-state index contributed by atoms with van der Waals surface area (Å²) in [5.74, 6) is -1.67. The molecule has 2 saturated heterocycles. The van der Waals surface area contributed by atoms with E-state index in [1.165, 1.54) is 24.3 Å². The molecule has 8 heteroatoms. The molecule has 0 spiro atoms. The average molecular weight is 341 g/mol. The third-order valence-corrected chi connectivity index (χ3v) is 4.86. The van der Waals surface area contributed by atoms with Crippen molar-refractivity contribution < 1.29 is 19.2 Å². The standard InChI is InChI=1S/C17H15N3O5/c1-9-7-17(2)14(18-8-9)12-13(25-17)16(22)19(15(12)21)10-4-3-5-11(6-10)20(23)24/h3-8,12-14H,1-2H3/t12-,13-,14-,17-/m0/s1. The second kappa shape index (κ2) is 5.06. The number of carbonyl (C=O) groups is 2. The van der Waals surface area contributed by atoms with Crippen LogP contribution in [0.2, 0.25) is 0 Å². The SMILES string of the molecule is CC1=C[C@]2(C)O[C@@H]3C(=O)N(c4cccc([N+](=O)[O-])c4)C(=O)[C@@H]3[C@@H]2N=C1. The Bertz CT molecular complexity index is 877. The van der Waals surface area contributed by atoms with Gasteiger partial charge in [0.25, 0.3) is 11.6 Å². The minimum Gasteiger partial charge on any atom is -0.355 e. The van der Waals surface area contributed by atoms with E-state index in [4.69, 9.17) is 4.74 Å². The van der Waals surface area contributed by atoms with Gasteiger partial charge in [-0.15, -0.1) is 0 Å². The molecular formula is C17H15N3O5. The predicted molar refractivity (Wildman–Crippen MR) is 88.4 cm³/mol. The van der Waals surface area contributed by atoms with Crippen molar-refractivity contribution in [1.29, 1.82) is 0 Å². The Morgan fingerprint density at radius 2 is 2.08 bits per heavy atom. The second-order valence-corrected chi connectivity index (χ2v) is 6.65. The normalized spacial score (nSPS) is 33.3. The number of rotatable bonds is 2. The van der Waals surface area contributed by atoms with Crippen LogP contribution in [0.1, 0.15) is 13.8 Å². The Hall–Kier alpha value is -2.87. The highest BCUT2D eigenvalue weighted by molar-refractivity contribution is 6.24. The zero-order chi connectivity index (χ0) is 17.9. The van der Waals surface area contributed by atoms with E-state index < -0.39 is 40.4 Å². The molecule has 2 fully saturated rings. The summed E-state index contributed by atoms with van der Waals surface area (Å²) in [6, 6.07) is 4.97. The maximum absolute atomic E-state index is 12.9. The van der Waals surface area contributed by atoms with Crippen LogP contribution in [-0.2, 0) is 14.3 Å². The molecule has 0 unspecified atom stereocenters. The van der Waals surface area contributed by atoms with Crippen LogP contribution in [0.4, 0.5) is 11.4 Å². The molecule has 128 valence electrons. The number of amides is 2. The van der Waals surface area contributed by atoms with E-state index in [9.17, 15) is 19.7 Å². The van der Waals surface area contributed by atoms with E-state index in [0.717, 1.165) is 10.5 Å². The summed E-state index contributed by atoms with van der Waals surface area (Å²) in [6.07, 6.45) is 2.62. The molecule has 8 nitrogen and oxygen atoms in total. The van der Waals surface area contributed by atoms with E-state index in [2.05, 4.69) is 4.99 Å². The van der Waals surface area contributed by atoms with Gasteiger partial charge < -0.3 is 4.74 Å². The molecule has 0 aromatic heterocycles. The number of allylic oxidation sites excluding steroid dienone is 1. The maximum Gasteiger partial charge on any atom is 0.271 e. The van der Waals surface area contributed by atoms with Crippen LogP contribution in [0, 0.1) is 16.0 Å². The Morgan fingerprint density at radius 1 is 1.32 bits per heavy atom. The molecule has 0 radical (unpaired) electrons. The van der Waals surface area contributed by atoms with Crippen molar-refractivity contribution in [1.82, 2.24) is 0 Å². The predicted octanol–water partition coefficient (Wildman–Crippen LogP) is 1.64. The maximum atomic E-state index is 12.9. The number of carbonyl (C=O) groups excluding carboxylic acids is 2. The van der Waals surface area contributed by atoms with Crippen molar-refractivity contribution in [2.24, 2.45) is 10.9 Å². The van der Waals surface area contributed by atoms with Gasteiger partial charge in [-0.1, -0.05) is 6.07 Å². The van der Waals surface area contributed by atoms with Gasteiger partial charge in [-0.25, -0.2) is 4.90 Å². The molecule has 4 atom stereocenters. The average Bonchev–Trinajstić information content (AvgIpc) is 2.98. The van der Waals surface area contributed by atoms with Crippen LogP contribution in [0.15, 0.2) is 40.9 Å². The lowest BCUT2D eigenvalue weighted by atomic mass is 9.85. The highest BCUT2D eigenvalue weighted by atomic mass is 16.6. The number of nitrogens with zero attached hydrogens (tertiary/aromatic N) is 3. The summed E-state index contributed by atoms with van der Waals surface area (Å²) in [4.78, 5) is 41.5. The monoisotopic (exact) mass is 341 g/mol. The number of imide groups is 1. The minimum absolute atomic E-state index is 0.176. The topological polar surface area (TPSA) is 102 Å². The molecule has 1 aromatic rings. The zero-order valence-electron chi connectivity index (χ0n) is 13.6. The first-order valence-corrected chi connectivity index (χ1v) is 7.84. The fourth-order valence-corrected chi connectivity index (χ4v) is 3.84. The molecule has 1 aromatic carbocycles. The highest BCUT2D eigenvalue weighted by Crippen LogP contribution is 2.46. The van der Waals surface area contributed by atoms with Crippen molar-refractivity contribution in [3.8, 4) is 0 Å². The van der Waals surface area contributed by atoms with Gasteiger partial charge in [0.1, 0.15) is 5.60 Å². The third-order valence-electron chi connectivity index (χ3n) is 4.86. The number of non-ortho nitro benzene ring substituents is 1. The van der Waals surface area contributed by atoms with Crippen LogP contribution >= 0.6 is 0 Å². The summed E-state index contributed by atoms with van der Waals surface area (Å²) in [6.45, 7) is 3.69. The van der Waals surface area contributed by atoms with Crippen LogP contribution in [0.3, 0.4) is 0 Å². The molecule has 3 aliphatic rings. The first-order valence-electron chi connectivity index (χ1n) is 7.84. The lowest BCUT2D eigenvalue weighted by Gasteiger charge is -2.30. The van der Waals surface area contributed by atoms with Gasteiger partial charge in [-0.2, -0.15) is 0 Å². The fourth-order valence-electron chi connectivity index (χ4n) is 3.84.